The number of nitrogens with one attached hydrogen (secondary N) is 1. The van der Waals surface area contributed by atoms with Crippen molar-refractivity contribution < 1.29 is 9.59 Å². The van der Waals surface area contributed by atoms with Gasteiger partial charge in [-0.25, -0.2) is 4.98 Å². The molecule has 2 heterocycles. The topological polar surface area (TPSA) is 62.3 Å². The normalized spacial score (nSPS) is 13.7. The van der Waals surface area contributed by atoms with Crippen molar-refractivity contribution in [2.45, 2.75) is 33.2 Å². The highest BCUT2D eigenvalue weighted by Crippen LogP contribution is 2.29. The Morgan fingerprint density at radius 1 is 1.40 bits per heavy atom. The third-order valence-corrected chi connectivity index (χ3v) is 5.47. The maximum Gasteiger partial charge on any atom is 0.257 e. The second kappa shape index (κ2) is 7.66. The molecular weight excluding hydrogens is 402 g/mol. The molecule has 0 bridgehead atoms. The number of aromatic nitrogens is 1. The Balaban J connectivity index is 1.68. The van der Waals surface area contributed by atoms with Crippen LogP contribution in [-0.2, 0) is 17.8 Å². The SMILES string of the molecule is CC(C)CC(=O)N1CCc2nc(NC(=O)c3cccc(Br)c3)sc2C1. The molecule has 0 saturated carbocycles. The van der Waals surface area contributed by atoms with E-state index >= 15 is 0 Å². The first-order chi connectivity index (χ1) is 11.9. The third-order valence-electron chi connectivity index (χ3n) is 3.97. The van der Waals surface area contributed by atoms with Crippen LogP contribution < -0.4 is 5.32 Å². The summed E-state index contributed by atoms with van der Waals surface area (Å²) in [5.41, 5.74) is 1.57. The standard InChI is InChI=1S/C18H20BrN3O2S/c1-11(2)8-16(23)22-7-6-14-15(10-22)25-18(20-14)21-17(24)12-4-3-5-13(19)9-12/h3-5,9,11H,6-8,10H2,1-2H3,(H,20,21,24). The van der Waals surface area contributed by atoms with Crippen LogP contribution in [0.4, 0.5) is 5.13 Å². The van der Waals surface area contributed by atoms with Crippen LogP contribution in [0.15, 0.2) is 28.7 Å². The molecule has 0 fully saturated rings. The van der Waals surface area contributed by atoms with E-state index in [4.69, 9.17) is 0 Å². The monoisotopic (exact) mass is 421 g/mol. The molecule has 0 spiro atoms. The van der Waals surface area contributed by atoms with Crippen LogP contribution in [0.3, 0.4) is 0 Å². The molecule has 1 aromatic carbocycles. The zero-order valence-corrected chi connectivity index (χ0v) is 16.6. The molecular formula is C18H20BrN3O2S. The van der Waals surface area contributed by atoms with E-state index in [1.165, 1.54) is 11.3 Å². The van der Waals surface area contributed by atoms with Gasteiger partial charge in [-0.05, 0) is 24.1 Å². The molecule has 7 heteroatoms. The van der Waals surface area contributed by atoms with E-state index in [0.29, 0.717) is 36.1 Å². The molecule has 1 aliphatic heterocycles. The van der Waals surface area contributed by atoms with Crippen molar-refractivity contribution in [3.8, 4) is 0 Å². The lowest BCUT2D eigenvalue weighted by molar-refractivity contribution is -0.132. The van der Waals surface area contributed by atoms with E-state index in [1.54, 1.807) is 12.1 Å². The van der Waals surface area contributed by atoms with Gasteiger partial charge >= 0.3 is 0 Å². The highest BCUT2D eigenvalue weighted by molar-refractivity contribution is 9.10. The second-order valence-corrected chi connectivity index (χ2v) is 8.52. The van der Waals surface area contributed by atoms with Crippen LogP contribution in [0.1, 0.15) is 41.2 Å². The number of halogens is 1. The number of anilines is 1. The number of hydrogen-bond acceptors (Lipinski definition) is 4. The summed E-state index contributed by atoms with van der Waals surface area (Å²) in [6.45, 7) is 5.39. The first kappa shape index (κ1) is 18.1. The van der Waals surface area contributed by atoms with Crippen molar-refractivity contribution >= 4 is 44.2 Å². The van der Waals surface area contributed by atoms with Crippen LogP contribution in [0.2, 0.25) is 0 Å². The number of carbonyl (C=O) groups excluding carboxylic acids is 2. The summed E-state index contributed by atoms with van der Waals surface area (Å²) in [4.78, 5) is 32.1. The van der Waals surface area contributed by atoms with Crippen molar-refractivity contribution in [3.63, 3.8) is 0 Å². The Bertz CT molecular complexity index is 803. The smallest absolute Gasteiger partial charge is 0.257 e. The molecule has 0 atom stereocenters. The molecule has 25 heavy (non-hydrogen) atoms. The van der Waals surface area contributed by atoms with Crippen LogP contribution in [0.5, 0.6) is 0 Å². The van der Waals surface area contributed by atoms with Gasteiger partial charge in [0.25, 0.3) is 5.91 Å². The molecule has 2 aromatic rings. The minimum absolute atomic E-state index is 0.180. The number of nitrogens with zero attached hydrogens (tertiary/aromatic N) is 2. The molecule has 0 unspecified atom stereocenters. The summed E-state index contributed by atoms with van der Waals surface area (Å²) in [6.07, 6.45) is 1.31. The molecule has 132 valence electrons. The number of hydrogen-bond donors (Lipinski definition) is 1. The summed E-state index contributed by atoms with van der Waals surface area (Å²) in [7, 11) is 0. The summed E-state index contributed by atoms with van der Waals surface area (Å²) in [6, 6.07) is 7.24. The lowest BCUT2D eigenvalue weighted by atomic mass is 10.1. The van der Waals surface area contributed by atoms with Crippen LogP contribution >= 0.6 is 27.3 Å². The highest BCUT2D eigenvalue weighted by Gasteiger charge is 2.25. The van der Waals surface area contributed by atoms with Crippen molar-refractivity contribution in [3.05, 3.63) is 44.9 Å². The van der Waals surface area contributed by atoms with Gasteiger partial charge in [-0.1, -0.05) is 47.2 Å². The van der Waals surface area contributed by atoms with Crippen molar-refractivity contribution in [1.82, 2.24) is 9.88 Å². The number of thiazole rings is 1. The first-order valence-electron chi connectivity index (χ1n) is 8.25. The largest absolute Gasteiger partial charge is 0.337 e. The van der Waals surface area contributed by atoms with Gasteiger partial charge in [-0.2, -0.15) is 0 Å². The second-order valence-electron chi connectivity index (χ2n) is 6.52. The third kappa shape index (κ3) is 4.46. The maximum absolute atomic E-state index is 12.3. The van der Waals surface area contributed by atoms with Crippen molar-refractivity contribution in [2.75, 3.05) is 11.9 Å². The van der Waals surface area contributed by atoms with Gasteiger partial charge in [0.2, 0.25) is 5.91 Å². The van der Waals surface area contributed by atoms with Crippen LogP contribution in [0.25, 0.3) is 0 Å². The van der Waals surface area contributed by atoms with E-state index in [0.717, 1.165) is 21.5 Å². The fourth-order valence-corrected chi connectivity index (χ4v) is 4.16. The van der Waals surface area contributed by atoms with Gasteiger partial charge in [-0.15, -0.1) is 0 Å². The maximum atomic E-state index is 12.3. The average molecular weight is 422 g/mol. The van der Waals surface area contributed by atoms with Crippen LogP contribution in [-0.4, -0.2) is 28.2 Å². The van der Waals surface area contributed by atoms with E-state index < -0.39 is 0 Å². The molecule has 2 amide bonds. The number of fused-ring (bicyclic) bond motifs is 1. The van der Waals surface area contributed by atoms with Gasteiger partial charge in [0.05, 0.1) is 12.2 Å². The molecule has 1 aliphatic rings. The molecule has 1 aromatic heterocycles. The number of carbonyl (C=O) groups is 2. The van der Waals surface area contributed by atoms with Gasteiger partial charge < -0.3 is 4.90 Å². The Morgan fingerprint density at radius 2 is 2.20 bits per heavy atom. The minimum Gasteiger partial charge on any atom is -0.337 e. The summed E-state index contributed by atoms with van der Waals surface area (Å²) >= 11 is 4.82. The zero-order chi connectivity index (χ0) is 18.0. The average Bonchev–Trinajstić information content (AvgIpc) is 2.95. The van der Waals surface area contributed by atoms with Gasteiger partial charge in [0, 0.05) is 34.3 Å². The van der Waals surface area contributed by atoms with Gasteiger partial charge in [0.1, 0.15) is 0 Å². The quantitative estimate of drug-likeness (QED) is 0.808. The molecule has 5 nitrogen and oxygen atoms in total. The number of amides is 2. The Hall–Kier alpha value is -1.73. The first-order valence-corrected chi connectivity index (χ1v) is 9.86. The van der Waals surface area contributed by atoms with E-state index in [2.05, 4.69) is 40.1 Å². The molecule has 0 radical (unpaired) electrons. The molecule has 3 rings (SSSR count). The number of rotatable bonds is 4. The highest BCUT2D eigenvalue weighted by atomic mass is 79.9. The van der Waals surface area contributed by atoms with Crippen LogP contribution in [0, 0.1) is 5.92 Å². The van der Waals surface area contributed by atoms with E-state index in [1.807, 2.05) is 17.0 Å². The fourth-order valence-electron chi connectivity index (χ4n) is 2.74. The van der Waals surface area contributed by atoms with Crippen molar-refractivity contribution in [2.24, 2.45) is 5.92 Å². The number of benzene rings is 1. The molecule has 1 N–H and O–H groups in total. The fraction of sp³-hybridized carbons (Fsp3) is 0.389. The lowest BCUT2D eigenvalue weighted by Gasteiger charge is -2.26. The minimum atomic E-state index is -0.180. The predicted molar refractivity (Wildman–Crippen MR) is 103 cm³/mol. The predicted octanol–water partition coefficient (Wildman–Crippen LogP) is 4.09. The molecule has 0 aliphatic carbocycles. The van der Waals surface area contributed by atoms with E-state index in [9.17, 15) is 9.59 Å². The Morgan fingerprint density at radius 3 is 2.92 bits per heavy atom. The Kier molecular flexibility index (Phi) is 5.54. The zero-order valence-electron chi connectivity index (χ0n) is 14.2. The van der Waals surface area contributed by atoms with Gasteiger partial charge in [0.15, 0.2) is 5.13 Å². The van der Waals surface area contributed by atoms with Crippen molar-refractivity contribution in [1.29, 1.82) is 0 Å². The van der Waals surface area contributed by atoms with E-state index in [-0.39, 0.29) is 11.8 Å². The Labute approximate surface area is 159 Å². The van der Waals surface area contributed by atoms with Gasteiger partial charge in [-0.3, -0.25) is 14.9 Å². The summed E-state index contributed by atoms with van der Waals surface area (Å²) < 4.78 is 0.859. The lowest BCUT2D eigenvalue weighted by Crippen LogP contribution is -2.36. The summed E-state index contributed by atoms with van der Waals surface area (Å²) in [5.74, 6) is 0.365. The molecule has 0 saturated heterocycles. The summed E-state index contributed by atoms with van der Waals surface area (Å²) in [5, 5.41) is 3.45.